The summed E-state index contributed by atoms with van der Waals surface area (Å²) < 4.78 is 60.1. The first-order valence-corrected chi connectivity index (χ1v) is 31.8. The number of nitrogens with zero attached hydrogens (tertiary/aromatic N) is 3. The van der Waals surface area contributed by atoms with Gasteiger partial charge in [-0.1, -0.05) is 76.5 Å². The standard InChI is InChI=1S/C46H61N8O21P3S2/c47-42-41-27(22-54(43(41)51-26-50-42)39-21-35(55)36(73-39)24-72-77(67,68)75-78(69,70)74-76(64,65)66)9-8-19-48-37(56)17-20-79-80-25-34(44(60)49-18-7-1-2-14-38(57)52-33(45(61)62)15-16-40(58)59)53-46(63)71-23-32-30-12-5-3-10-28(30)29-11-4-6-13-31(29)32/h3-6,10-13,22,26,32-36,39,55H,1-2,7-9,14-21,23-25H2,(H,48,56)(H,49,60)(H,52,57)(H,53,63)(H,58,59)(H,61,62)(H,67,68)(H,69,70)(H2,47,50,51)(H2,64,65,66)/t33?,34?,35-,36-,39-/m1/s1. The van der Waals surface area contributed by atoms with Crippen molar-refractivity contribution < 1.29 is 100.0 Å². The number of rotatable bonds is 33. The SMILES string of the molecule is Nc1ncnc2c1c(CCCNC(=O)CCSSCC(NC(=O)OCC1c3ccccc3-c3ccccc31)C(=O)NCCCCCC(=O)NC(CCC(=O)O)C(=O)O)cn2[C@H]1C[C@@H](O)[C@@H](COP(=O)(O)OP(=O)(O)OP(=O)(O)O)O1. The van der Waals surface area contributed by atoms with Crippen molar-refractivity contribution in [2.75, 3.05) is 43.5 Å². The molecule has 4 aromatic rings. The van der Waals surface area contributed by atoms with E-state index in [9.17, 15) is 62.5 Å². The number of aliphatic carboxylic acids is 2. The second kappa shape index (κ2) is 29.5. The molecule has 1 aliphatic carbocycles. The molecular formula is C46H61N8O21P3S2. The number of aliphatic hydroxyl groups is 1. The fourth-order valence-corrected chi connectivity index (χ4v) is 13.9. The van der Waals surface area contributed by atoms with Crippen molar-refractivity contribution in [3.63, 3.8) is 0 Å². The average molecular weight is 1220 g/mol. The van der Waals surface area contributed by atoms with Crippen LogP contribution in [0.1, 0.15) is 86.6 Å². The molecule has 2 aromatic heterocycles. The third kappa shape index (κ3) is 19.3. The van der Waals surface area contributed by atoms with Crippen LogP contribution < -0.4 is 27.0 Å². The maximum Gasteiger partial charge on any atom is 0.490 e. The van der Waals surface area contributed by atoms with Crippen molar-refractivity contribution in [1.82, 2.24) is 35.8 Å². The Balaban J connectivity index is 0.950. The molecule has 7 atom stereocenters. The second-order valence-electron chi connectivity index (χ2n) is 18.2. The van der Waals surface area contributed by atoms with Gasteiger partial charge in [0.15, 0.2) is 0 Å². The monoisotopic (exact) mass is 1220 g/mol. The van der Waals surface area contributed by atoms with Gasteiger partial charge in [-0.25, -0.2) is 33.3 Å². The van der Waals surface area contributed by atoms with Crippen LogP contribution >= 0.6 is 45.1 Å². The third-order valence-electron chi connectivity index (χ3n) is 12.3. The number of aliphatic hydroxyl groups excluding tert-OH is 1. The fraction of sp³-hybridized carbons (Fsp3) is 0.478. The summed E-state index contributed by atoms with van der Waals surface area (Å²) in [5.74, 6) is -3.48. The predicted molar refractivity (Wildman–Crippen MR) is 287 cm³/mol. The minimum absolute atomic E-state index is 0.0115. The molecule has 29 nitrogen and oxygen atoms in total. The number of nitrogen functional groups attached to an aromatic ring is 1. The van der Waals surface area contributed by atoms with E-state index >= 15 is 0 Å². The summed E-state index contributed by atoms with van der Waals surface area (Å²) in [5.41, 5.74) is 11.3. The first-order chi connectivity index (χ1) is 37.9. The number of carboxylic acid groups (broad SMARTS) is 2. The van der Waals surface area contributed by atoms with Crippen molar-refractivity contribution >= 4 is 97.7 Å². The summed E-state index contributed by atoms with van der Waals surface area (Å²) >= 11 is 0. The number of phosphoric ester groups is 1. The number of ether oxygens (including phenoxy) is 2. The van der Waals surface area contributed by atoms with Gasteiger partial charge >= 0.3 is 41.5 Å². The Morgan fingerprint density at radius 3 is 2.15 bits per heavy atom. The highest BCUT2D eigenvalue weighted by molar-refractivity contribution is 8.76. The summed E-state index contributed by atoms with van der Waals surface area (Å²) in [6, 6.07) is 13.3. The number of carbonyl (C=O) groups excluding carboxylic acids is 4. The van der Waals surface area contributed by atoms with E-state index in [4.69, 9.17) is 30.1 Å². The predicted octanol–water partition coefficient (Wildman–Crippen LogP) is 3.84. The number of benzene rings is 2. The smallest absolute Gasteiger partial charge is 0.481 e. The Morgan fingerprint density at radius 2 is 1.48 bits per heavy atom. The minimum Gasteiger partial charge on any atom is -0.481 e. The number of nitrogens with two attached hydrogens (primary N) is 1. The molecule has 1 saturated heterocycles. The van der Waals surface area contributed by atoms with Crippen LogP contribution in [0.4, 0.5) is 10.6 Å². The molecule has 0 bridgehead atoms. The molecule has 438 valence electrons. The van der Waals surface area contributed by atoms with Gasteiger partial charge in [-0.2, -0.15) is 8.62 Å². The highest BCUT2D eigenvalue weighted by Crippen LogP contribution is 2.66. The zero-order chi connectivity index (χ0) is 58.2. The summed E-state index contributed by atoms with van der Waals surface area (Å²) in [6.45, 7) is -0.423. The molecule has 2 aromatic carbocycles. The van der Waals surface area contributed by atoms with E-state index in [1.807, 2.05) is 48.5 Å². The first-order valence-electron chi connectivity index (χ1n) is 24.8. The number of fused-ring (bicyclic) bond motifs is 4. The lowest BCUT2D eigenvalue weighted by molar-refractivity contribution is -0.143. The Bertz CT molecular complexity index is 2960. The van der Waals surface area contributed by atoms with Crippen molar-refractivity contribution in [3.8, 4) is 11.1 Å². The van der Waals surface area contributed by atoms with Crippen LogP contribution in [-0.4, -0.2) is 147 Å². The quantitative estimate of drug-likeness (QED) is 0.0183. The molecule has 6 rings (SSSR count). The van der Waals surface area contributed by atoms with E-state index in [-0.39, 0.29) is 68.8 Å². The number of aromatic nitrogens is 3. The number of hydrogen-bond acceptors (Lipinski definition) is 20. The second-order valence-corrected chi connectivity index (χ2v) is 25.2. The number of anilines is 1. The zero-order valence-electron chi connectivity index (χ0n) is 42.5. The number of phosphoric acid groups is 3. The number of carboxylic acids is 2. The van der Waals surface area contributed by atoms with Crippen LogP contribution in [0.2, 0.25) is 0 Å². The van der Waals surface area contributed by atoms with Gasteiger partial charge in [0.05, 0.1) is 18.1 Å². The molecule has 0 spiro atoms. The number of hydrogen-bond donors (Lipinski definition) is 12. The molecule has 4 amide bonds. The number of carbonyl (C=O) groups is 6. The molecule has 2 aliphatic rings. The summed E-state index contributed by atoms with van der Waals surface area (Å²) in [4.78, 5) is 120. The van der Waals surface area contributed by atoms with Gasteiger partial charge in [-0.05, 0) is 59.9 Å². The topological polar surface area (TPSA) is 446 Å². The van der Waals surface area contributed by atoms with E-state index in [0.29, 0.717) is 54.5 Å². The molecule has 34 heteroatoms. The maximum absolute atomic E-state index is 13.5. The van der Waals surface area contributed by atoms with Crippen molar-refractivity contribution in [2.24, 2.45) is 0 Å². The molecule has 1 aliphatic heterocycles. The Labute approximate surface area is 464 Å². The van der Waals surface area contributed by atoms with Gasteiger partial charge in [0.2, 0.25) is 17.7 Å². The van der Waals surface area contributed by atoms with Gasteiger partial charge in [0.1, 0.15) is 48.8 Å². The fourth-order valence-electron chi connectivity index (χ4n) is 8.69. The number of aryl methyl sites for hydroxylation is 1. The molecule has 1 fully saturated rings. The van der Waals surface area contributed by atoms with Crippen LogP contribution in [-0.2, 0) is 66.7 Å². The van der Waals surface area contributed by atoms with E-state index in [1.165, 1.54) is 27.9 Å². The summed E-state index contributed by atoms with van der Waals surface area (Å²) in [6.07, 6.45) is -0.112. The lowest BCUT2D eigenvalue weighted by Crippen LogP contribution is -2.48. The number of alkyl carbamates (subject to hydrolysis) is 1. The number of unbranched alkanes of at least 4 members (excludes halogenated alkanes) is 2. The summed E-state index contributed by atoms with van der Waals surface area (Å²) in [7, 11) is -14.3. The van der Waals surface area contributed by atoms with Gasteiger partial charge in [0, 0.05) is 62.4 Å². The van der Waals surface area contributed by atoms with Crippen LogP contribution in [0.3, 0.4) is 0 Å². The van der Waals surface area contributed by atoms with Crippen LogP contribution in [0, 0.1) is 0 Å². The molecule has 80 heavy (non-hydrogen) atoms. The lowest BCUT2D eigenvalue weighted by atomic mass is 9.98. The van der Waals surface area contributed by atoms with E-state index in [0.717, 1.165) is 22.3 Å². The van der Waals surface area contributed by atoms with Crippen LogP contribution in [0.5, 0.6) is 0 Å². The van der Waals surface area contributed by atoms with E-state index in [1.54, 1.807) is 10.8 Å². The minimum atomic E-state index is -5.77. The normalized spacial score (nSPS) is 18.2. The Morgan fingerprint density at radius 1 is 0.787 bits per heavy atom. The molecule has 0 saturated carbocycles. The van der Waals surface area contributed by atoms with Crippen molar-refractivity contribution in [3.05, 3.63) is 77.7 Å². The first kappa shape index (κ1) is 63.7. The Hall–Kier alpha value is -5.49. The third-order valence-corrected chi connectivity index (χ3v) is 18.6. The van der Waals surface area contributed by atoms with Gasteiger partial charge < -0.3 is 75.9 Å². The van der Waals surface area contributed by atoms with Crippen LogP contribution in [0.15, 0.2) is 61.1 Å². The molecule has 13 N–H and O–H groups in total. The van der Waals surface area contributed by atoms with Gasteiger partial charge in [0.25, 0.3) is 0 Å². The molecule has 3 heterocycles. The zero-order valence-corrected chi connectivity index (χ0v) is 46.8. The van der Waals surface area contributed by atoms with E-state index in [2.05, 4.69) is 44.4 Å². The van der Waals surface area contributed by atoms with Gasteiger partial charge in [-0.15, -0.1) is 0 Å². The number of nitrogens with one attached hydrogen (secondary N) is 4. The molecule has 0 radical (unpaired) electrons. The van der Waals surface area contributed by atoms with Crippen molar-refractivity contribution in [1.29, 1.82) is 0 Å². The highest BCUT2D eigenvalue weighted by Gasteiger charge is 2.43. The average Bonchev–Trinajstić information content (AvgIpc) is 4.27. The van der Waals surface area contributed by atoms with E-state index < -0.39 is 96.9 Å². The highest BCUT2D eigenvalue weighted by atomic mass is 33.1. The maximum atomic E-state index is 13.5. The lowest BCUT2D eigenvalue weighted by Gasteiger charge is -2.19. The summed E-state index contributed by atoms with van der Waals surface area (Å²) in [5, 5.41) is 40.0. The number of amides is 4. The largest absolute Gasteiger partial charge is 0.490 e. The molecular weight excluding hydrogens is 1160 g/mol. The Kier molecular flexibility index (Phi) is 23.5. The van der Waals surface area contributed by atoms with Crippen LogP contribution in [0.25, 0.3) is 22.2 Å². The molecule has 4 unspecified atom stereocenters. The van der Waals surface area contributed by atoms with Gasteiger partial charge in [-0.3, -0.25) is 23.7 Å². The van der Waals surface area contributed by atoms with Crippen molar-refractivity contribution in [2.45, 2.75) is 101 Å².